The van der Waals surface area contributed by atoms with Crippen molar-refractivity contribution >= 4 is 5.91 Å². The zero-order chi connectivity index (χ0) is 11.4. The van der Waals surface area contributed by atoms with Gasteiger partial charge < -0.3 is 10.6 Å². The van der Waals surface area contributed by atoms with Gasteiger partial charge in [-0.05, 0) is 6.42 Å². The maximum Gasteiger partial charge on any atom is 0.233 e. The van der Waals surface area contributed by atoms with Gasteiger partial charge in [0.25, 0.3) is 0 Å². The van der Waals surface area contributed by atoms with Crippen molar-refractivity contribution in [1.82, 2.24) is 10.6 Å². The molecular formula is C12H24N2O. The van der Waals surface area contributed by atoms with E-state index in [9.17, 15) is 4.79 Å². The Labute approximate surface area is 93.3 Å². The highest BCUT2D eigenvalue weighted by atomic mass is 16.1. The van der Waals surface area contributed by atoms with Gasteiger partial charge >= 0.3 is 0 Å². The first-order valence-corrected chi connectivity index (χ1v) is 5.89. The maximum absolute atomic E-state index is 11.2. The van der Waals surface area contributed by atoms with Crippen LogP contribution < -0.4 is 10.6 Å². The monoisotopic (exact) mass is 212 g/mol. The lowest BCUT2D eigenvalue weighted by molar-refractivity contribution is -0.120. The lowest BCUT2D eigenvalue weighted by atomic mass is 10.1. The first-order valence-electron chi connectivity index (χ1n) is 5.89. The van der Waals surface area contributed by atoms with Crippen molar-refractivity contribution in [3.63, 3.8) is 0 Å². The van der Waals surface area contributed by atoms with Gasteiger partial charge in [-0.3, -0.25) is 4.79 Å². The van der Waals surface area contributed by atoms with E-state index in [-0.39, 0.29) is 5.91 Å². The minimum Gasteiger partial charge on any atom is -0.355 e. The van der Waals surface area contributed by atoms with E-state index in [0.29, 0.717) is 13.1 Å². The number of hydrogen-bond donors (Lipinski definition) is 2. The Kier molecular flexibility index (Phi) is 10.6. The Bertz CT molecular complexity index is 169. The Morgan fingerprint density at radius 2 is 2.00 bits per heavy atom. The Morgan fingerprint density at radius 3 is 2.67 bits per heavy atom. The molecule has 0 unspecified atom stereocenters. The van der Waals surface area contributed by atoms with E-state index in [2.05, 4.69) is 24.1 Å². The quantitative estimate of drug-likeness (QED) is 0.428. The molecule has 0 bridgehead atoms. The molecule has 88 valence electrons. The Morgan fingerprint density at radius 1 is 1.27 bits per heavy atom. The van der Waals surface area contributed by atoms with Crippen molar-refractivity contribution in [3.05, 3.63) is 12.7 Å². The van der Waals surface area contributed by atoms with Crippen molar-refractivity contribution < 1.29 is 4.79 Å². The second-order valence-corrected chi connectivity index (χ2v) is 3.68. The van der Waals surface area contributed by atoms with Gasteiger partial charge in [0.2, 0.25) is 5.91 Å². The molecule has 0 rings (SSSR count). The number of rotatable bonds is 10. The number of carbonyl (C=O) groups is 1. The summed E-state index contributed by atoms with van der Waals surface area (Å²) in [6.45, 7) is 7.65. The largest absolute Gasteiger partial charge is 0.355 e. The molecule has 0 heterocycles. The molecule has 3 heteroatoms. The van der Waals surface area contributed by atoms with Crippen LogP contribution in [0.25, 0.3) is 0 Å². The molecule has 0 atom stereocenters. The first kappa shape index (κ1) is 14.2. The topological polar surface area (TPSA) is 41.1 Å². The van der Waals surface area contributed by atoms with Crippen molar-refractivity contribution in [2.75, 3.05) is 19.6 Å². The van der Waals surface area contributed by atoms with Crippen molar-refractivity contribution in [3.8, 4) is 0 Å². The van der Waals surface area contributed by atoms with Gasteiger partial charge in [-0.1, -0.05) is 38.7 Å². The summed E-state index contributed by atoms with van der Waals surface area (Å²) < 4.78 is 0. The predicted molar refractivity (Wildman–Crippen MR) is 64.8 cm³/mol. The molecule has 0 aliphatic carbocycles. The van der Waals surface area contributed by atoms with Gasteiger partial charge in [0, 0.05) is 13.1 Å². The fourth-order valence-electron chi connectivity index (χ4n) is 1.31. The second-order valence-electron chi connectivity index (χ2n) is 3.68. The van der Waals surface area contributed by atoms with Crippen molar-refractivity contribution in [1.29, 1.82) is 0 Å². The van der Waals surface area contributed by atoms with E-state index in [0.717, 1.165) is 13.0 Å². The minimum absolute atomic E-state index is 0.0762. The summed E-state index contributed by atoms with van der Waals surface area (Å²) >= 11 is 0. The van der Waals surface area contributed by atoms with E-state index in [1.54, 1.807) is 6.08 Å². The summed E-state index contributed by atoms with van der Waals surface area (Å²) in [6, 6.07) is 0. The molecule has 0 aliphatic heterocycles. The van der Waals surface area contributed by atoms with Crippen LogP contribution in [-0.4, -0.2) is 25.5 Å². The highest BCUT2D eigenvalue weighted by Crippen LogP contribution is 2.00. The normalized spacial score (nSPS) is 9.93. The highest BCUT2D eigenvalue weighted by Gasteiger charge is 1.97. The molecule has 0 aromatic carbocycles. The van der Waals surface area contributed by atoms with Crippen LogP contribution >= 0.6 is 0 Å². The van der Waals surface area contributed by atoms with Gasteiger partial charge in [0.05, 0.1) is 6.54 Å². The maximum atomic E-state index is 11.2. The third kappa shape index (κ3) is 11.1. The molecule has 0 spiro atoms. The van der Waals surface area contributed by atoms with Gasteiger partial charge in [-0.15, -0.1) is 6.58 Å². The summed E-state index contributed by atoms with van der Waals surface area (Å²) in [4.78, 5) is 11.2. The molecule has 0 saturated heterocycles. The number of unbranched alkanes of at least 4 members (excludes halogenated alkanes) is 4. The third-order valence-corrected chi connectivity index (χ3v) is 2.18. The molecule has 0 saturated carbocycles. The zero-order valence-electron chi connectivity index (χ0n) is 9.85. The highest BCUT2D eigenvalue weighted by molar-refractivity contribution is 5.77. The lowest BCUT2D eigenvalue weighted by Crippen LogP contribution is -2.34. The first-order chi connectivity index (χ1) is 7.31. The fourth-order valence-corrected chi connectivity index (χ4v) is 1.31. The van der Waals surface area contributed by atoms with Gasteiger partial charge in [0.1, 0.15) is 0 Å². The number of hydrogen-bond acceptors (Lipinski definition) is 2. The summed E-state index contributed by atoms with van der Waals surface area (Å²) in [5, 5.41) is 5.85. The zero-order valence-corrected chi connectivity index (χ0v) is 9.85. The average Bonchev–Trinajstić information content (AvgIpc) is 2.23. The van der Waals surface area contributed by atoms with Crippen LogP contribution in [0.2, 0.25) is 0 Å². The molecule has 0 aromatic rings. The minimum atomic E-state index is 0.0762. The van der Waals surface area contributed by atoms with Crippen LogP contribution in [0.3, 0.4) is 0 Å². The van der Waals surface area contributed by atoms with Crippen LogP contribution in [0.15, 0.2) is 12.7 Å². The van der Waals surface area contributed by atoms with Crippen molar-refractivity contribution in [2.45, 2.75) is 39.0 Å². The van der Waals surface area contributed by atoms with E-state index in [1.807, 2.05) is 0 Å². The molecule has 0 radical (unpaired) electrons. The van der Waals surface area contributed by atoms with Crippen LogP contribution in [0, 0.1) is 0 Å². The molecule has 0 aromatic heterocycles. The second kappa shape index (κ2) is 11.2. The Hall–Kier alpha value is -0.830. The lowest BCUT2D eigenvalue weighted by Gasteiger charge is -2.05. The van der Waals surface area contributed by atoms with Crippen LogP contribution in [0.1, 0.15) is 39.0 Å². The molecule has 0 aliphatic rings. The summed E-state index contributed by atoms with van der Waals surface area (Å²) in [6.07, 6.45) is 7.90. The summed E-state index contributed by atoms with van der Waals surface area (Å²) in [5.74, 6) is 0.0762. The van der Waals surface area contributed by atoms with Gasteiger partial charge in [-0.2, -0.15) is 0 Å². The molecule has 2 N–H and O–H groups in total. The Balaban J connectivity index is 3.13. The summed E-state index contributed by atoms with van der Waals surface area (Å²) in [5.41, 5.74) is 0. The van der Waals surface area contributed by atoms with Gasteiger partial charge in [0.15, 0.2) is 0 Å². The average molecular weight is 212 g/mol. The van der Waals surface area contributed by atoms with E-state index < -0.39 is 0 Å². The summed E-state index contributed by atoms with van der Waals surface area (Å²) in [7, 11) is 0. The smallest absolute Gasteiger partial charge is 0.233 e. The third-order valence-electron chi connectivity index (χ3n) is 2.18. The number of nitrogens with one attached hydrogen (secondary N) is 2. The fraction of sp³-hybridized carbons (Fsp3) is 0.750. The van der Waals surface area contributed by atoms with E-state index in [1.165, 1.54) is 25.7 Å². The van der Waals surface area contributed by atoms with E-state index in [4.69, 9.17) is 0 Å². The SMILES string of the molecule is C=CCNCC(=O)NCCCCCCC. The molecule has 1 amide bonds. The van der Waals surface area contributed by atoms with Crippen LogP contribution in [0.5, 0.6) is 0 Å². The van der Waals surface area contributed by atoms with Crippen LogP contribution in [-0.2, 0) is 4.79 Å². The molecular weight excluding hydrogens is 188 g/mol. The molecule has 0 fully saturated rings. The van der Waals surface area contributed by atoms with Crippen LogP contribution in [0.4, 0.5) is 0 Å². The number of carbonyl (C=O) groups excluding carboxylic acids is 1. The van der Waals surface area contributed by atoms with E-state index >= 15 is 0 Å². The predicted octanol–water partition coefficient (Wildman–Crippen LogP) is 1.85. The number of amides is 1. The molecule has 3 nitrogen and oxygen atoms in total. The van der Waals surface area contributed by atoms with Gasteiger partial charge in [-0.25, -0.2) is 0 Å². The van der Waals surface area contributed by atoms with Crippen molar-refractivity contribution in [2.24, 2.45) is 0 Å². The molecule has 15 heavy (non-hydrogen) atoms. The standard InChI is InChI=1S/C12H24N2O/c1-3-5-6-7-8-10-14-12(15)11-13-9-4-2/h4,13H,2-3,5-11H2,1H3,(H,14,15).